The van der Waals surface area contributed by atoms with Crippen LogP contribution in [0.5, 0.6) is 23.0 Å². The summed E-state index contributed by atoms with van der Waals surface area (Å²) in [6.45, 7) is 1.02. The first-order chi connectivity index (χ1) is 23.9. The molecule has 1 fully saturated rings. The number of ether oxygens (including phenoxy) is 4. The molecule has 0 spiro atoms. The van der Waals surface area contributed by atoms with Gasteiger partial charge in [0.05, 0.1) is 18.7 Å². The maximum atomic E-state index is 13.8. The number of ketones is 1. The van der Waals surface area contributed by atoms with Crippen molar-refractivity contribution in [3.63, 3.8) is 0 Å². The number of benzene rings is 4. The van der Waals surface area contributed by atoms with Crippen LogP contribution in [0.25, 0.3) is 5.76 Å². The van der Waals surface area contributed by atoms with Gasteiger partial charge in [-0.05, 0) is 59.2 Å². The highest BCUT2D eigenvalue weighted by atomic mass is 32.2. The van der Waals surface area contributed by atoms with Crippen LogP contribution in [0.2, 0.25) is 0 Å². The molecule has 1 amide bonds. The van der Waals surface area contributed by atoms with E-state index in [1.807, 2.05) is 30.3 Å². The van der Waals surface area contributed by atoms with Crippen molar-refractivity contribution in [1.82, 2.24) is 10.2 Å². The monoisotopic (exact) mass is 697 g/mol. The summed E-state index contributed by atoms with van der Waals surface area (Å²) in [5.41, 5.74) is 2.44. The molecule has 5 aromatic rings. The Kier molecular flexibility index (Phi) is 9.18. The molecular weight excluding hydrogens is 670 g/mol. The maximum Gasteiger partial charge on any atom is 0.301 e. The number of amides is 1. The number of carbonyl (C=O) groups is 2. The molecule has 13 heteroatoms. The Morgan fingerprint density at radius 3 is 2.49 bits per heavy atom. The van der Waals surface area contributed by atoms with Crippen LogP contribution in [-0.2, 0) is 21.9 Å². The van der Waals surface area contributed by atoms with Gasteiger partial charge in [0.25, 0.3) is 5.78 Å². The number of Topliss-reactive ketones (excluding diaryl/α,β-unsaturated/α-hetero) is 1. The van der Waals surface area contributed by atoms with Crippen molar-refractivity contribution >= 4 is 45.7 Å². The SMILES string of the molecule is COc1cc(C2/C(=C(\O)c3ccc4c(c3)OCCO4)C(=O)C(=O)N2c2nnc(SCc3ccc(F)cc3)s2)ccc1OCc1ccccc1. The average molecular weight is 698 g/mol. The van der Waals surface area contributed by atoms with E-state index in [0.29, 0.717) is 58.5 Å². The molecule has 10 nitrogen and oxygen atoms in total. The molecule has 49 heavy (non-hydrogen) atoms. The van der Waals surface area contributed by atoms with Gasteiger partial charge in [0, 0.05) is 11.3 Å². The molecule has 2 aliphatic rings. The molecule has 1 saturated heterocycles. The van der Waals surface area contributed by atoms with E-state index in [0.717, 1.165) is 22.5 Å². The van der Waals surface area contributed by atoms with Gasteiger partial charge in [-0.2, -0.15) is 0 Å². The van der Waals surface area contributed by atoms with E-state index in [4.69, 9.17) is 18.9 Å². The topological polar surface area (TPSA) is 120 Å². The highest BCUT2D eigenvalue weighted by Crippen LogP contribution is 2.46. The molecule has 2 aliphatic heterocycles. The second kappa shape index (κ2) is 14.0. The number of fused-ring (bicyclic) bond motifs is 1. The number of thioether (sulfide) groups is 1. The van der Waals surface area contributed by atoms with Gasteiger partial charge >= 0.3 is 5.91 Å². The summed E-state index contributed by atoms with van der Waals surface area (Å²) < 4.78 is 37.0. The third-order valence-corrected chi connectivity index (χ3v) is 10.0. The van der Waals surface area contributed by atoms with Gasteiger partial charge in [-0.15, -0.1) is 10.2 Å². The van der Waals surface area contributed by atoms with Crippen LogP contribution < -0.4 is 23.8 Å². The molecule has 1 atom stereocenters. The molecule has 0 bridgehead atoms. The molecule has 1 unspecified atom stereocenters. The number of anilines is 1. The Hall–Kier alpha value is -5.40. The maximum absolute atomic E-state index is 13.8. The van der Waals surface area contributed by atoms with E-state index in [-0.39, 0.29) is 27.8 Å². The van der Waals surface area contributed by atoms with E-state index in [1.165, 1.54) is 35.9 Å². The third kappa shape index (κ3) is 6.67. The average Bonchev–Trinajstić information content (AvgIpc) is 3.71. The van der Waals surface area contributed by atoms with Crippen LogP contribution in [0, 0.1) is 5.82 Å². The molecule has 0 radical (unpaired) electrons. The number of hydrogen-bond acceptors (Lipinski definition) is 11. The summed E-state index contributed by atoms with van der Waals surface area (Å²) in [5, 5.41) is 20.4. The lowest BCUT2D eigenvalue weighted by molar-refractivity contribution is -0.132. The van der Waals surface area contributed by atoms with Crippen LogP contribution in [0.1, 0.15) is 28.3 Å². The van der Waals surface area contributed by atoms with E-state index in [1.54, 1.807) is 48.5 Å². The number of aliphatic hydroxyl groups excluding tert-OH is 1. The van der Waals surface area contributed by atoms with Gasteiger partial charge in [0.2, 0.25) is 5.13 Å². The number of rotatable bonds is 10. The molecule has 248 valence electrons. The van der Waals surface area contributed by atoms with Crippen LogP contribution in [0.3, 0.4) is 0 Å². The second-order valence-corrected chi connectivity index (χ2v) is 13.2. The minimum Gasteiger partial charge on any atom is -0.507 e. The van der Waals surface area contributed by atoms with Crippen molar-refractivity contribution in [2.24, 2.45) is 0 Å². The van der Waals surface area contributed by atoms with Crippen molar-refractivity contribution < 1.29 is 38.0 Å². The largest absolute Gasteiger partial charge is 0.507 e. The number of methoxy groups -OCH3 is 1. The first kappa shape index (κ1) is 32.2. The summed E-state index contributed by atoms with van der Waals surface area (Å²) in [4.78, 5) is 28.8. The smallest absolute Gasteiger partial charge is 0.301 e. The number of aromatic nitrogens is 2. The lowest BCUT2D eigenvalue weighted by Crippen LogP contribution is -2.29. The number of hydrogen-bond donors (Lipinski definition) is 1. The highest BCUT2D eigenvalue weighted by molar-refractivity contribution is 8.00. The van der Waals surface area contributed by atoms with Crippen LogP contribution in [-0.4, -0.2) is 47.3 Å². The summed E-state index contributed by atoms with van der Waals surface area (Å²) in [6, 6.07) is 24.6. The van der Waals surface area contributed by atoms with Crippen LogP contribution >= 0.6 is 23.1 Å². The Morgan fingerprint density at radius 1 is 0.939 bits per heavy atom. The van der Waals surface area contributed by atoms with Gasteiger partial charge < -0.3 is 24.1 Å². The number of halogens is 1. The quantitative estimate of drug-likeness (QED) is 0.0540. The van der Waals surface area contributed by atoms with E-state index in [2.05, 4.69) is 10.2 Å². The molecule has 0 saturated carbocycles. The van der Waals surface area contributed by atoms with E-state index < -0.39 is 17.7 Å². The number of nitrogens with zero attached hydrogens (tertiary/aromatic N) is 3. The summed E-state index contributed by atoms with van der Waals surface area (Å²) in [7, 11) is 1.50. The zero-order valence-corrected chi connectivity index (χ0v) is 27.6. The van der Waals surface area contributed by atoms with Crippen LogP contribution in [0.15, 0.2) is 101 Å². The first-order valence-electron chi connectivity index (χ1n) is 15.2. The normalized spacial score (nSPS) is 16.5. The van der Waals surface area contributed by atoms with Crippen molar-refractivity contribution in [3.05, 3.63) is 125 Å². The van der Waals surface area contributed by atoms with Gasteiger partial charge in [-0.25, -0.2) is 4.39 Å². The predicted molar refractivity (Wildman–Crippen MR) is 182 cm³/mol. The molecule has 1 N–H and O–H groups in total. The molecule has 1 aromatic heterocycles. The predicted octanol–water partition coefficient (Wildman–Crippen LogP) is 6.95. The Morgan fingerprint density at radius 2 is 1.71 bits per heavy atom. The zero-order chi connectivity index (χ0) is 33.9. The van der Waals surface area contributed by atoms with Crippen molar-refractivity contribution in [1.29, 1.82) is 0 Å². The lowest BCUT2D eigenvalue weighted by Gasteiger charge is -2.24. The number of aliphatic hydroxyl groups is 1. The van der Waals surface area contributed by atoms with Gasteiger partial charge in [-0.3, -0.25) is 14.5 Å². The fraction of sp³-hybridized carbons (Fsp3) is 0.167. The summed E-state index contributed by atoms with van der Waals surface area (Å²) in [6.07, 6.45) is 0. The third-order valence-electron chi connectivity index (χ3n) is 7.88. The van der Waals surface area contributed by atoms with E-state index in [9.17, 15) is 19.1 Å². The zero-order valence-electron chi connectivity index (χ0n) is 26.0. The second-order valence-electron chi connectivity index (χ2n) is 11.0. The van der Waals surface area contributed by atoms with Crippen molar-refractivity contribution in [3.8, 4) is 23.0 Å². The fourth-order valence-electron chi connectivity index (χ4n) is 5.48. The van der Waals surface area contributed by atoms with Crippen molar-refractivity contribution in [2.45, 2.75) is 22.7 Å². The fourth-order valence-corrected chi connectivity index (χ4v) is 7.31. The minimum absolute atomic E-state index is 0.141. The lowest BCUT2D eigenvalue weighted by atomic mass is 9.95. The molecule has 7 rings (SSSR count). The molecule has 4 aromatic carbocycles. The number of carbonyl (C=O) groups excluding carboxylic acids is 2. The van der Waals surface area contributed by atoms with Crippen molar-refractivity contribution in [2.75, 3.05) is 25.2 Å². The molecular formula is C36H28FN3O7S2. The minimum atomic E-state index is -1.09. The van der Waals surface area contributed by atoms with Gasteiger partial charge in [0.1, 0.15) is 31.4 Å². The molecule has 0 aliphatic carbocycles. The van der Waals surface area contributed by atoms with Gasteiger partial charge in [-0.1, -0.05) is 71.6 Å². The standard InChI is InChI=1S/C36H28FN3O7S2/c1-44-28-17-23(9-13-26(28)47-19-21-5-3-2-4-6-21)31-30(32(41)24-10-14-27-29(18-24)46-16-15-45-27)33(42)34(43)40(31)35-38-39-36(49-35)48-20-22-7-11-25(37)12-8-22/h2-14,17-18,31,41H,15-16,19-20H2,1H3/b32-30+. The van der Waals surface area contributed by atoms with E-state index >= 15 is 0 Å². The first-order valence-corrected chi connectivity index (χ1v) is 17.0. The molecule has 3 heterocycles. The summed E-state index contributed by atoms with van der Waals surface area (Å²) >= 11 is 2.49. The van der Waals surface area contributed by atoms with Gasteiger partial charge in [0.15, 0.2) is 27.3 Å². The Labute approximate surface area is 288 Å². The van der Waals surface area contributed by atoms with Crippen LogP contribution in [0.4, 0.5) is 9.52 Å². The summed E-state index contributed by atoms with van der Waals surface area (Å²) in [5.74, 6) is -0.254. The Bertz CT molecular complexity index is 2050. The Balaban J connectivity index is 1.26. The highest BCUT2D eigenvalue weighted by Gasteiger charge is 2.48.